The molecule has 5 heterocycles. The molecule has 0 bridgehead atoms. The van der Waals surface area contributed by atoms with Crippen LogP contribution in [-0.2, 0) is 133 Å². The molecule has 32 heteroatoms. The summed E-state index contributed by atoms with van der Waals surface area (Å²) in [5.74, 6) is 0.619. The lowest BCUT2D eigenvalue weighted by molar-refractivity contribution is -0.339. The van der Waals surface area contributed by atoms with E-state index in [4.69, 9.17) is 133 Å². The van der Waals surface area contributed by atoms with Gasteiger partial charge in [0.15, 0.2) is 25.2 Å². The minimum atomic E-state index is -0.529. The molecule has 5 aliphatic heterocycles. The molecule has 5 saturated heterocycles. The summed E-state index contributed by atoms with van der Waals surface area (Å²) in [6.45, 7) is 107. The van der Waals surface area contributed by atoms with Gasteiger partial charge in [0.25, 0.3) is 0 Å². The molecule has 0 amide bonds. The number of rotatable bonds is 64. The highest BCUT2D eigenvalue weighted by atomic mass is 16.8. The van der Waals surface area contributed by atoms with Crippen molar-refractivity contribution < 1.29 is 138 Å². The first kappa shape index (κ1) is 144. The van der Waals surface area contributed by atoms with Gasteiger partial charge in [0, 0.05) is 71.6 Å². The highest BCUT2D eigenvalue weighted by molar-refractivity contribution is 5.00. The molecule has 872 valence electrons. The summed E-state index contributed by atoms with van der Waals surface area (Å²) in [6.07, 6.45) is -3.64. The van der Waals surface area contributed by atoms with Crippen LogP contribution in [0.2, 0.25) is 0 Å². The second-order valence-corrected chi connectivity index (χ2v) is 45.8. The maximum Gasteiger partial charge on any atom is 0.187 e. The number of methoxy groups -OCH3 is 3. The molecule has 5 fully saturated rings. The predicted molar refractivity (Wildman–Crippen MR) is 578 cm³/mol. The first-order chi connectivity index (χ1) is 67.5. The van der Waals surface area contributed by atoms with Gasteiger partial charge >= 0.3 is 0 Å². The number of aliphatic hydroxyl groups is 1. The lowest BCUT2D eigenvalue weighted by atomic mass is 9.97. The molecule has 5 rings (SSSR count). The fraction of sp³-hybridized carbons (Fsp3) is 1.00. The van der Waals surface area contributed by atoms with Crippen molar-refractivity contribution in [3.8, 4) is 0 Å². The average Bonchev–Trinajstić information content (AvgIpc) is 1.76. The second-order valence-electron chi connectivity index (χ2n) is 45.8. The molecule has 13 unspecified atom stereocenters. The number of nitrogens with zero attached hydrogens (tertiary/aromatic N) is 2. The minimum Gasteiger partial charge on any atom is -0.396 e. The molecule has 0 aromatic carbocycles. The zero-order valence-corrected chi connectivity index (χ0v) is 102. The third-order valence-corrected chi connectivity index (χ3v) is 22.6. The summed E-state index contributed by atoms with van der Waals surface area (Å²) in [5, 5.41) is 13.4. The van der Waals surface area contributed by atoms with Gasteiger partial charge in [-0.1, -0.05) is 27.7 Å². The summed E-state index contributed by atoms with van der Waals surface area (Å²) in [5.41, 5.74) is 0. The van der Waals surface area contributed by atoms with Gasteiger partial charge in [-0.15, -0.1) is 0 Å². The highest BCUT2D eigenvalue weighted by Crippen LogP contribution is 2.39. The molecule has 0 aromatic rings. The van der Waals surface area contributed by atoms with Gasteiger partial charge in [-0.3, -0.25) is 9.80 Å². The molecule has 0 aromatic heterocycles. The smallest absolute Gasteiger partial charge is 0.187 e. The van der Waals surface area contributed by atoms with E-state index in [1.807, 2.05) is 277 Å². The topological polar surface area (TPSA) is 297 Å². The Balaban J connectivity index is 0.00000172. The summed E-state index contributed by atoms with van der Waals surface area (Å²) in [6, 6.07) is 1.85. The van der Waals surface area contributed by atoms with Gasteiger partial charge in [-0.25, -0.2) is 0 Å². The molecular weight excluding hydrogens is 1860 g/mol. The monoisotopic (exact) mass is 2090 g/mol. The van der Waals surface area contributed by atoms with Crippen LogP contribution in [0.25, 0.3) is 0 Å². The summed E-state index contributed by atoms with van der Waals surface area (Å²) in [7, 11) is 4.93. The molecule has 0 aliphatic carbocycles. The van der Waals surface area contributed by atoms with Crippen LogP contribution < -0.4 is 5.32 Å². The fourth-order valence-corrected chi connectivity index (χ4v) is 16.9. The van der Waals surface area contributed by atoms with Crippen LogP contribution in [0.5, 0.6) is 0 Å². The van der Waals surface area contributed by atoms with Gasteiger partial charge in [-0.05, 0) is 330 Å². The largest absolute Gasteiger partial charge is 0.396 e. The minimum absolute atomic E-state index is 0.00111. The Morgan fingerprint density at radius 2 is 0.497 bits per heavy atom. The Labute approximate surface area is 887 Å². The molecule has 24 atom stereocenters. The van der Waals surface area contributed by atoms with E-state index in [-0.39, 0.29) is 251 Å². The third-order valence-electron chi connectivity index (χ3n) is 22.6. The molecule has 145 heavy (non-hydrogen) atoms. The lowest BCUT2D eigenvalue weighted by Gasteiger charge is -2.47. The van der Waals surface area contributed by atoms with E-state index in [1.54, 1.807) is 21.3 Å². The number of aliphatic hydroxyl groups excluding tert-OH is 1. The van der Waals surface area contributed by atoms with Crippen molar-refractivity contribution in [3.63, 3.8) is 0 Å². The van der Waals surface area contributed by atoms with Crippen LogP contribution in [-0.4, -0.2) is 397 Å². The van der Waals surface area contributed by atoms with Crippen molar-refractivity contribution in [3.05, 3.63) is 0 Å². The first-order valence-electron chi connectivity index (χ1n) is 56.1. The van der Waals surface area contributed by atoms with Gasteiger partial charge in [0.2, 0.25) is 0 Å². The average molecular weight is 2100 g/mol. The fourth-order valence-electron chi connectivity index (χ4n) is 16.9. The van der Waals surface area contributed by atoms with Gasteiger partial charge < -0.3 is 143 Å². The van der Waals surface area contributed by atoms with Gasteiger partial charge in [-0.2, -0.15) is 0 Å². The SMILES string of the molecule is CC(C)CCCN(CCN(CCNC(C)C)C(C)C)C(C)C.CC(C)OCC1OC(COC(C)C)C(OC(C)C)C1OC(C)C.CC(C)OC[C@@H](CO)[C@H]1O[C@H](OC(C)C)[C@@H](OC(C)C)[C@H]1OC(C)C.COC1OC(COC(C)C)C(OC(C)C)C(OC(C)C)C1OC(C)C.COC1[C@H](OC(C)C)OC(COC(C)C)[C@@H](OC(C)C)[C@@H]1OC(C)C.COCC1O[C@@H](OC(C)C)C(OC(C)C)[C@@H](OC(C)C)[C@@H]1OC(C)C. The number of hydrogen-bond donors (Lipinski definition) is 2. The Bertz CT molecular complexity index is 2930. The Morgan fingerprint density at radius 1 is 0.241 bits per heavy atom. The molecule has 0 spiro atoms. The standard InChI is InChI=1S/C19H43N3.4C19H38O6.C18H36O5/c1-16(2)10-9-12-21(18(5)6)14-15-22(19(7)8)13-11-20-17(3)4;1-11(2)21-10-15-16(22-12(3)4)17(23-13(5)6)18(24-14(7)8)19(20-9)25-15;1-11(2)21-10-15-16(22-12(3)4)17(23-13(5)6)18(20-9)19(25-15)24-14(7)8;1-11(2)21-16-15(10-20-9)25-19(24-14(7)8)18(23-13(5)6)17(16)22-12(3)4;1-11(2)21-10-15(9-20)16-17(22-12(3)4)18(23-13(5)6)19(25-16)24-14(7)8;1-11(2)19-9-15-17(21-13(5)6)18(22-14(7)8)16(23-15)10-20-12(3)4/h16-20H,9-15H2,1-8H3;3*11-19H,10H2,1-9H3;11-20H,9-10H2,1-8H3;11-18H,9-10H2,1-8H3/t;;2*15?,16-,17+,18?,19-;15-,16-,17+,18+,19+;/m..111./s1. The molecule has 32 nitrogen and oxygen atoms in total. The van der Waals surface area contributed by atoms with E-state index in [0.717, 1.165) is 19.0 Å². The normalized spacial score (nSPS) is 27.4. The Hall–Kier alpha value is -1.28. The molecule has 2 N–H and O–H groups in total. The quantitative estimate of drug-likeness (QED) is 0.0572. The van der Waals surface area contributed by atoms with E-state index in [9.17, 15) is 5.11 Å². The van der Waals surface area contributed by atoms with Crippen LogP contribution in [0, 0.1) is 11.8 Å². The molecule has 5 aliphatic rings. The second kappa shape index (κ2) is 78.0. The van der Waals surface area contributed by atoms with Crippen LogP contribution in [0.15, 0.2) is 0 Å². The number of nitrogens with one attached hydrogen (secondary N) is 1. The van der Waals surface area contributed by atoms with Gasteiger partial charge in [0.1, 0.15) is 110 Å². The zero-order valence-electron chi connectivity index (χ0n) is 102. The van der Waals surface area contributed by atoms with E-state index < -0.39 is 25.2 Å². The van der Waals surface area contributed by atoms with Crippen molar-refractivity contribution in [1.29, 1.82) is 0 Å². The summed E-state index contributed by atoms with van der Waals surface area (Å²) < 4.78 is 168. The number of ether oxygens (including phenoxy) is 28. The van der Waals surface area contributed by atoms with Gasteiger partial charge in [0.05, 0.1) is 174 Å². The van der Waals surface area contributed by atoms with Crippen molar-refractivity contribution >= 4 is 0 Å². The molecule has 0 saturated carbocycles. The Kier molecular flexibility index (Phi) is 77.3. The molecule has 0 radical (unpaired) electrons. The van der Waals surface area contributed by atoms with Crippen molar-refractivity contribution in [2.24, 2.45) is 11.8 Å². The van der Waals surface area contributed by atoms with Crippen LogP contribution in [0.3, 0.4) is 0 Å². The summed E-state index contributed by atoms with van der Waals surface area (Å²) in [4.78, 5) is 5.25. The predicted octanol–water partition coefficient (Wildman–Crippen LogP) is 19.3. The van der Waals surface area contributed by atoms with E-state index in [2.05, 4.69) is 70.5 Å². The van der Waals surface area contributed by atoms with E-state index in [0.29, 0.717) is 57.8 Å². The van der Waals surface area contributed by atoms with Crippen molar-refractivity contribution in [1.82, 2.24) is 15.1 Å². The Morgan fingerprint density at radius 3 is 0.779 bits per heavy atom. The first-order valence-corrected chi connectivity index (χ1v) is 56.1. The highest BCUT2D eigenvalue weighted by Gasteiger charge is 2.56. The van der Waals surface area contributed by atoms with Crippen molar-refractivity contribution in [2.45, 2.75) is 627 Å². The van der Waals surface area contributed by atoms with Crippen LogP contribution in [0.1, 0.15) is 345 Å². The maximum absolute atomic E-state index is 9.89. The maximum atomic E-state index is 9.89. The van der Waals surface area contributed by atoms with Crippen molar-refractivity contribution in [2.75, 3.05) is 100 Å². The third kappa shape index (κ3) is 61.9. The van der Waals surface area contributed by atoms with Crippen LogP contribution in [0.4, 0.5) is 0 Å². The summed E-state index contributed by atoms with van der Waals surface area (Å²) >= 11 is 0. The lowest BCUT2D eigenvalue weighted by Crippen LogP contribution is -2.63. The van der Waals surface area contributed by atoms with E-state index >= 15 is 0 Å². The number of hydrogen-bond acceptors (Lipinski definition) is 32. The molecular formula is C113H231N3O29. The van der Waals surface area contributed by atoms with Crippen LogP contribution >= 0.6 is 0 Å². The van der Waals surface area contributed by atoms with E-state index in [1.165, 1.54) is 32.5 Å². The zero-order chi connectivity index (χ0) is 111.